The van der Waals surface area contributed by atoms with Gasteiger partial charge in [-0.2, -0.15) is 12.6 Å². The lowest BCUT2D eigenvalue weighted by atomic mass is 10.1. The van der Waals surface area contributed by atoms with Gasteiger partial charge in [0.1, 0.15) is 11.4 Å². The first kappa shape index (κ1) is 12.4. The minimum Gasteiger partial charge on any atom is -0.496 e. The minimum atomic E-state index is -0.532. The fraction of sp³-hybridized carbons (Fsp3) is 0.200. The summed E-state index contributed by atoms with van der Waals surface area (Å²) in [4.78, 5) is 10.2. The first-order chi connectivity index (χ1) is 7.60. The van der Waals surface area contributed by atoms with E-state index >= 15 is 0 Å². The highest BCUT2D eigenvalue weighted by Gasteiger charge is 2.16. The molecular formula is C10H12N2O3S. The van der Waals surface area contributed by atoms with Crippen molar-refractivity contribution in [2.45, 2.75) is 0 Å². The summed E-state index contributed by atoms with van der Waals surface area (Å²) in [5.41, 5.74) is 6.20. The molecule has 0 heterocycles. The molecule has 1 aromatic carbocycles. The summed E-state index contributed by atoms with van der Waals surface area (Å²) >= 11 is 4.01. The maximum Gasteiger partial charge on any atom is 0.296 e. The highest BCUT2D eigenvalue weighted by Crippen LogP contribution is 2.31. The maximum absolute atomic E-state index is 10.7. The topological polar surface area (TPSA) is 78.4 Å². The van der Waals surface area contributed by atoms with Gasteiger partial charge in [-0.05, 0) is 6.07 Å². The lowest BCUT2D eigenvalue weighted by molar-refractivity contribution is -0.384. The van der Waals surface area contributed by atoms with Crippen LogP contribution >= 0.6 is 12.6 Å². The fourth-order valence-electron chi connectivity index (χ4n) is 1.22. The Morgan fingerprint density at radius 3 is 2.81 bits per heavy atom. The van der Waals surface area contributed by atoms with Crippen LogP contribution in [0.5, 0.6) is 5.75 Å². The van der Waals surface area contributed by atoms with E-state index in [2.05, 4.69) is 12.6 Å². The Morgan fingerprint density at radius 1 is 1.62 bits per heavy atom. The van der Waals surface area contributed by atoms with Crippen molar-refractivity contribution in [1.82, 2.24) is 0 Å². The van der Waals surface area contributed by atoms with Gasteiger partial charge in [-0.15, -0.1) is 0 Å². The number of nitrogens with zero attached hydrogens (tertiary/aromatic N) is 1. The van der Waals surface area contributed by atoms with E-state index in [0.29, 0.717) is 17.1 Å². The van der Waals surface area contributed by atoms with Crippen LogP contribution in [0.3, 0.4) is 0 Å². The highest BCUT2D eigenvalue weighted by atomic mass is 32.1. The predicted molar refractivity (Wildman–Crippen MR) is 66.9 cm³/mol. The average Bonchev–Trinajstić information content (AvgIpc) is 2.27. The van der Waals surface area contributed by atoms with Crippen molar-refractivity contribution in [3.63, 3.8) is 0 Å². The average molecular weight is 240 g/mol. The third kappa shape index (κ3) is 2.66. The molecule has 0 aromatic heterocycles. The molecule has 0 bridgehead atoms. The summed E-state index contributed by atoms with van der Waals surface area (Å²) in [6.45, 7) is 0. The van der Waals surface area contributed by atoms with Crippen molar-refractivity contribution < 1.29 is 9.66 Å². The number of thiol groups is 1. The third-order valence-electron chi connectivity index (χ3n) is 2.00. The number of nitrogen functional groups attached to an aromatic ring is 1. The fourth-order valence-corrected chi connectivity index (χ4v) is 1.32. The Kier molecular flexibility index (Phi) is 4.19. The second-order valence-electron chi connectivity index (χ2n) is 2.99. The summed E-state index contributed by atoms with van der Waals surface area (Å²) < 4.78 is 4.97. The highest BCUT2D eigenvalue weighted by molar-refractivity contribution is 7.80. The largest absolute Gasteiger partial charge is 0.496 e. The lowest BCUT2D eigenvalue weighted by Crippen LogP contribution is -1.99. The number of nitrogens with two attached hydrogens (primary N) is 1. The molecule has 0 aliphatic rings. The molecule has 0 saturated heterocycles. The molecule has 0 spiro atoms. The van der Waals surface area contributed by atoms with Crippen molar-refractivity contribution in [3.05, 3.63) is 33.9 Å². The van der Waals surface area contributed by atoms with Crippen LogP contribution in [-0.4, -0.2) is 17.8 Å². The van der Waals surface area contributed by atoms with Gasteiger partial charge in [-0.3, -0.25) is 10.1 Å². The number of rotatable bonds is 4. The van der Waals surface area contributed by atoms with E-state index in [0.717, 1.165) is 0 Å². The first-order valence-electron chi connectivity index (χ1n) is 4.49. The minimum absolute atomic E-state index is 0.129. The Labute approximate surface area is 98.5 Å². The molecule has 0 saturated carbocycles. The molecule has 0 fully saturated rings. The molecule has 0 aliphatic heterocycles. The summed E-state index contributed by atoms with van der Waals surface area (Å²) in [6, 6.07) is 2.94. The van der Waals surface area contributed by atoms with Crippen LogP contribution in [0.4, 0.5) is 11.4 Å². The van der Waals surface area contributed by atoms with Crippen LogP contribution in [-0.2, 0) is 0 Å². The zero-order valence-electron chi connectivity index (χ0n) is 8.71. The Balaban J connectivity index is 3.31. The summed E-state index contributed by atoms with van der Waals surface area (Å²) in [5, 5.41) is 10.7. The molecule has 0 aliphatic carbocycles. The van der Waals surface area contributed by atoms with Crippen LogP contribution in [0, 0.1) is 10.1 Å². The maximum atomic E-state index is 10.7. The number of nitro benzene ring substituents is 1. The Morgan fingerprint density at radius 2 is 2.31 bits per heavy atom. The van der Waals surface area contributed by atoms with Crippen LogP contribution in [0.15, 0.2) is 18.2 Å². The smallest absolute Gasteiger partial charge is 0.296 e. The van der Waals surface area contributed by atoms with E-state index in [4.69, 9.17) is 10.5 Å². The summed E-state index contributed by atoms with van der Waals surface area (Å²) in [5.74, 6) is 0.935. The van der Waals surface area contributed by atoms with Gasteiger partial charge in [0.25, 0.3) is 5.69 Å². The second-order valence-corrected chi connectivity index (χ2v) is 3.36. The Bertz CT molecular complexity index is 432. The van der Waals surface area contributed by atoms with E-state index in [-0.39, 0.29) is 11.4 Å². The van der Waals surface area contributed by atoms with Crippen molar-refractivity contribution in [3.8, 4) is 5.75 Å². The number of hydrogen-bond acceptors (Lipinski definition) is 5. The number of nitro groups is 1. The number of hydrogen-bond donors (Lipinski definition) is 2. The van der Waals surface area contributed by atoms with Crippen LogP contribution < -0.4 is 10.5 Å². The van der Waals surface area contributed by atoms with E-state index in [1.807, 2.05) is 0 Å². The zero-order valence-corrected chi connectivity index (χ0v) is 9.61. The van der Waals surface area contributed by atoms with Gasteiger partial charge in [-0.25, -0.2) is 0 Å². The van der Waals surface area contributed by atoms with Crippen LogP contribution in [0.2, 0.25) is 0 Å². The van der Waals surface area contributed by atoms with E-state index in [1.165, 1.54) is 13.2 Å². The van der Waals surface area contributed by atoms with Gasteiger partial charge in [0.2, 0.25) is 0 Å². The van der Waals surface area contributed by atoms with Crippen LogP contribution in [0.25, 0.3) is 6.08 Å². The molecule has 0 radical (unpaired) electrons. The molecule has 0 amide bonds. The van der Waals surface area contributed by atoms with Gasteiger partial charge in [0, 0.05) is 11.3 Å². The third-order valence-corrected chi connectivity index (χ3v) is 2.21. The normalized spacial score (nSPS) is 10.6. The van der Waals surface area contributed by atoms with Crippen molar-refractivity contribution >= 4 is 30.1 Å². The quantitative estimate of drug-likeness (QED) is 0.366. The summed E-state index contributed by atoms with van der Waals surface area (Å²) in [6.07, 6.45) is 3.43. The van der Waals surface area contributed by atoms with Crippen molar-refractivity contribution in [2.24, 2.45) is 0 Å². The van der Waals surface area contributed by atoms with Gasteiger partial charge < -0.3 is 10.5 Å². The van der Waals surface area contributed by atoms with Gasteiger partial charge in [-0.1, -0.05) is 12.2 Å². The van der Waals surface area contributed by atoms with Crippen LogP contribution in [0.1, 0.15) is 5.56 Å². The number of benzene rings is 1. The molecule has 5 nitrogen and oxygen atoms in total. The molecule has 16 heavy (non-hydrogen) atoms. The molecule has 0 atom stereocenters. The molecule has 6 heteroatoms. The van der Waals surface area contributed by atoms with E-state index in [9.17, 15) is 10.1 Å². The molecular weight excluding hydrogens is 228 g/mol. The molecule has 1 rings (SSSR count). The molecule has 1 aromatic rings. The lowest BCUT2D eigenvalue weighted by Gasteiger charge is -2.05. The zero-order chi connectivity index (χ0) is 12.1. The van der Waals surface area contributed by atoms with Crippen molar-refractivity contribution in [1.29, 1.82) is 0 Å². The first-order valence-corrected chi connectivity index (χ1v) is 5.12. The number of methoxy groups -OCH3 is 1. The Hall–Kier alpha value is -1.69. The predicted octanol–water partition coefficient (Wildman–Crippen LogP) is 2.13. The SMILES string of the molecule is COc1cc(C=CCS)c(N)c([N+](=O)[O-])c1. The van der Waals surface area contributed by atoms with E-state index < -0.39 is 4.92 Å². The monoisotopic (exact) mass is 240 g/mol. The molecule has 86 valence electrons. The van der Waals surface area contributed by atoms with Crippen molar-refractivity contribution in [2.75, 3.05) is 18.6 Å². The standard InChI is InChI=1S/C10H12N2O3S/c1-15-8-5-7(3-2-4-16)10(11)9(6-8)12(13)14/h2-3,5-6,16H,4,11H2,1H3. The second kappa shape index (κ2) is 5.41. The molecule has 0 unspecified atom stereocenters. The summed E-state index contributed by atoms with van der Waals surface area (Å²) in [7, 11) is 1.45. The van der Waals surface area contributed by atoms with E-state index in [1.54, 1.807) is 18.2 Å². The van der Waals surface area contributed by atoms with Gasteiger partial charge >= 0.3 is 0 Å². The van der Waals surface area contributed by atoms with Gasteiger partial charge in [0.05, 0.1) is 18.1 Å². The number of ether oxygens (including phenoxy) is 1. The van der Waals surface area contributed by atoms with Gasteiger partial charge in [0.15, 0.2) is 0 Å². The molecule has 2 N–H and O–H groups in total. The number of anilines is 1.